The molecule has 2 aromatic rings. The fraction of sp³-hybridized carbons (Fsp3) is 0.471. The van der Waals surface area contributed by atoms with E-state index >= 15 is 0 Å². The van der Waals surface area contributed by atoms with Crippen LogP contribution >= 0.6 is 11.8 Å². The van der Waals surface area contributed by atoms with E-state index in [0.29, 0.717) is 18.1 Å². The molecule has 2 rings (SSSR count). The predicted octanol–water partition coefficient (Wildman–Crippen LogP) is 4.59. The Morgan fingerprint density at radius 3 is 2.67 bits per heavy atom. The molecular weight excluding hydrogens is 282 g/mol. The van der Waals surface area contributed by atoms with Crippen molar-refractivity contribution in [3.63, 3.8) is 0 Å². The molecule has 0 amide bonds. The lowest BCUT2D eigenvalue weighted by Gasteiger charge is -2.11. The average Bonchev–Trinajstić information content (AvgIpc) is 2.78. The molecule has 0 N–H and O–H groups in total. The second-order valence-corrected chi connectivity index (χ2v) is 6.25. The van der Waals surface area contributed by atoms with E-state index in [1.807, 2.05) is 31.4 Å². The number of thioether (sulfide) groups is 1. The van der Waals surface area contributed by atoms with Gasteiger partial charge in [-0.3, -0.25) is 0 Å². The lowest BCUT2D eigenvalue weighted by Crippen LogP contribution is -2.07. The number of benzene rings is 1. The number of carbonyl (C=O) groups excluding carboxylic acids is 1. The lowest BCUT2D eigenvalue weighted by atomic mass is 10.1. The second-order valence-electron chi connectivity index (χ2n) is 5.46. The van der Waals surface area contributed by atoms with E-state index in [9.17, 15) is 4.79 Å². The second kappa shape index (κ2) is 7.03. The minimum atomic E-state index is -0.221. The van der Waals surface area contributed by atoms with Crippen molar-refractivity contribution in [2.24, 2.45) is 5.92 Å². The summed E-state index contributed by atoms with van der Waals surface area (Å²) in [6.45, 7) is 7.61. The fourth-order valence-corrected chi connectivity index (χ4v) is 3.31. The van der Waals surface area contributed by atoms with E-state index in [4.69, 9.17) is 4.74 Å². The Morgan fingerprint density at radius 2 is 2.05 bits per heavy atom. The van der Waals surface area contributed by atoms with E-state index in [0.717, 1.165) is 28.9 Å². The summed E-state index contributed by atoms with van der Waals surface area (Å²) in [5.74, 6) is 0.410. The molecule has 0 aliphatic carbocycles. The normalized spacial score (nSPS) is 11.3. The summed E-state index contributed by atoms with van der Waals surface area (Å²) in [6, 6.07) is 8.08. The molecule has 21 heavy (non-hydrogen) atoms. The van der Waals surface area contributed by atoms with Gasteiger partial charge in [-0.15, -0.1) is 11.8 Å². The van der Waals surface area contributed by atoms with Gasteiger partial charge in [0.05, 0.1) is 17.2 Å². The summed E-state index contributed by atoms with van der Waals surface area (Å²) in [4.78, 5) is 12.3. The molecule has 0 spiro atoms. The van der Waals surface area contributed by atoms with Crippen LogP contribution in [0.15, 0.2) is 29.3 Å². The number of rotatable bonds is 6. The molecule has 0 aliphatic rings. The van der Waals surface area contributed by atoms with E-state index in [2.05, 4.69) is 24.5 Å². The van der Waals surface area contributed by atoms with Crippen molar-refractivity contribution in [1.29, 1.82) is 0 Å². The van der Waals surface area contributed by atoms with E-state index < -0.39 is 0 Å². The number of nitrogens with zero attached hydrogens (tertiary/aromatic N) is 1. The SMILES string of the molecule is CCOC(=O)c1c(SC)n(CCC(C)C)c2ccccc12. The zero-order chi connectivity index (χ0) is 15.4. The molecule has 3 nitrogen and oxygen atoms in total. The third-order valence-electron chi connectivity index (χ3n) is 3.53. The number of para-hydroxylation sites is 1. The van der Waals surface area contributed by atoms with Crippen LogP contribution in [-0.2, 0) is 11.3 Å². The molecular formula is C17H23NO2S. The maximum Gasteiger partial charge on any atom is 0.341 e. The minimum absolute atomic E-state index is 0.221. The molecule has 0 saturated heterocycles. The standard InChI is InChI=1S/C17H23NO2S/c1-5-20-17(19)15-13-8-6-7-9-14(13)18(16(15)21-4)11-10-12(2)3/h6-9,12H,5,10-11H2,1-4H3. The first-order valence-electron chi connectivity index (χ1n) is 7.42. The molecule has 0 aliphatic heterocycles. The van der Waals surface area contributed by atoms with E-state index in [1.165, 1.54) is 0 Å². The number of carbonyl (C=O) groups is 1. The van der Waals surface area contributed by atoms with Crippen LogP contribution in [-0.4, -0.2) is 23.4 Å². The van der Waals surface area contributed by atoms with Gasteiger partial charge >= 0.3 is 5.97 Å². The molecule has 4 heteroatoms. The van der Waals surface area contributed by atoms with Gasteiger partial charge in [0.15, 0.2) is 0 Å². The summed E-state index contributed by atoms with van der Waals surface area (Å²) in [5.41, 5.74) is 1.83. The zero-order valence-electron chi connectivity index (χ0n) is 13.2. The monoisotopic (exact) mass is 305 g/mol. The van der Waals surface area contributed by atoms with Crippen LogP contribution < -0.4 is 0 Å². The highest BCUT2D eigenvalue weighted by atomic mass is 32.2. The lowest BCUT2D eigenvalue weighted by molar-refractivity contribution is 0.0524. The quantitative estimate of drug-likeness (QED) is 0.578. The Labute approximate surface area is 130 Å². The van der Waals surface area contributed by atoms with Gasteiger partial charge in [0.25, 0.3) is 0 Å². The third-order valence-corrected chi connectivity index (χ3v) is 4.34. The van der Waals surface area contributed by atoms with Gasteiger partial charge in [-0.05, 0) is 31.6 Å². The van der Waals surface area contributed by atoms with Crippen LogP contribution in [0.1, 0.15) is 37.6 Å². The van der Waals surface area contributed by atoms with Crippen molar-refractivity contribution >= 4 is 28.6 Å². The largest absolute Gasteiger partial charge is 0.462 e. The highest BCUT2D eigenvalue weighted by molar-refractivity contribution is 7.98. The first kappa shape index (κ1) is 16.0. The average molecular weight is 305 g/mol. The molecule has 1 aromatic carbocycles. The topological polar surface area (TPSA) is 31.2 Å². The zero-order valence-corrected chi connectivity index (χ0v) is 14.0. The summed E-state index contributed by atoms with van der Waals surface area (Å²) >= 11 is 1.62. The number of esters is 1. The Bertz CT molecular complexity index is 631. The minimum Gasteiger partial charge on any atom is -0.462 e. The summed E-state index contributed by atoms with van der Waals surface area (Å²) in [5, 5.41) is 2.00. The van der Waals surface area contributed by atoms with Crippen LogP contribution in [0, 0.1) is 5.92 Å². The van der Waals surface area contributed by atoms with Gasteiger partial charge in [0, 0.05) is 17.4 Å². The van der Waals surface area contributed by atoms with E-state index in [-0.39, 0.29) is 5.97 Å². The molecule has 1 heterocycles. The molecule has 0 unspecified atom stereocenters. The van der Waals surface area contributed by atoms with Crippen molar-refractivity contribution in [2.75, 3.05) is 12.9 Å². The highest BCUT2D eigenvalue weighted by Crippen LogP contribution is 2.33. The Kier molecular flexibility index (Phi) is 5.34. The maximum atomic E-state index is 12.3. The van der Waals surface area contributed by atoms with Crippen LogP contribution in [0.25, 0.3) is 10.9 Å². The summed E-state index contributed by atoms with van der Waals surface area (Å²) in [6.07, 6.45) is 3.11. The molecule has 0 atom stereocenters. The van der Waals surface area contributed by atoms with Crippen molar-refractivity contribution in [2.45, 2.75) is 38.8 Å². The Morgan fingerprint density at radius 1 is 1.33 bits per heavy atom. The third kappa shape index (κ3) is 3.26. The van der Waals surface area contributed by atoms with E-state index in [1.54, 1.807) is 11.8 Å². The van der Waals surface area contributed by atoms with Crippen LogP contribution in [0.3, 0.4) is 0 Å². The van der Waals surface area contributed by atoms with Crippen LogP contribution in [0.2, 0.25) is 0 Å². The molecule has 0 fully saturated rings. The van der Waals surface area contributed by atoms with Crippen molar-refractivity contribution in [3.8, 4) is 0 Å². The van der Waals surface area contributed by atoms with Gasteiger partial charge in [-0.2, -0.15) is 0 Å². The smallest absolute Gasteiger partial charge is 0.341 e. The first-order valence-corrected chi connectivity index (χ1v) is 8.64. The Hall–Kier alpha value is -1.42. The highest BCUT2D eigenvalue weighted by Gasteiger charge is 2.22. The molecule has 0 radical (unpaired) electrons. The van der Waals surface area contributed by atoms with Gasteiger partial charge in [-0.25, -0.2) is 4.79 Å². The summed E-state index contributed by atoms with van der Waals surface area (Å²) < 4.78 is 7.51. The fourth-order valence-electron chi connectivity index (χ4n) is 2.50. The number of hydrogen-bond acceptors (Lipinski definition) is 3. The Balaban J connectivity index is 2.58. The molecule has 1 aromatic heterocycles. The number of fused-ring (bicyclic) bond motifs is 1. The van der Waals surface area contributed by atoms with Crippen LogP contribution in [0.5, 0.6) is 0 Å². The van der Waals surface area contributed by atoms with Gasteiger partial charge in [-0.1, -0.05) is 32.0 Å². The van der Waals surface area contributed by atoms with Gasteiger partial charge in [0.1, 0.15) is 0 Å². The summed E-state index contributed by atoms with van der Waals surface area (Å²) in [7, 11) is 0. The van der Waals surface area contributed by atoms with Crippen molar-refractivity contribution in [1.82, 2.24) is 4.57 Å². The molecule has 114 valence electrons. The van der Waals surface area contributed by atoms with Gasteiger partial charge in [0.2, 0.25) is 0 Å². The van der Waals surface area contributed by atoms with Crippen LogP contribution in [0.4, 0.5) is 0 Å². The number of ether oxygens (including phenoxy) is 1. The molecule has 0 saturated carbocycles. The first-order chi connectivity index (χ1) is 10.1. The van der Waals surface area contributed by atoms with Crippen molar-refractivity contribution < 1.29 is 9.53 Å². The predicted molar refractivity (Wildman–Crippen MR) is 89.1 cm³/mol. The number of aryl methyl sites for hydroxylation is 1. The number of aromatic nitrogens is 1. The maximum absolute atomic E-state index is 12.3. The number of hydrogen-bond donors (Lipinski definition) is 0. The molecule has 0 bridgehead atoms. The van der Waals surface area contributed by atoms with Gasteiger partial charge < -0.3 is 9.30 Å². The van der Waals surface area contributed by atoms with Crippen molar-refractivity contribution in [3.05, 3.63) is 29.8 Å².